The van der Waals surface area contributed by atoms with Crippen molar-refractivity contribution in [1.29, 1.82) is 0 Å². The zero-order valence-corrected chi connectivity index (χ0v) is 24.4. The average Bonchev–Trinajstić information content (AvgIpc) is 2.91. The van der Waals surface area contributed by atoms with Crippen molar-refractivity contribution in [1.82, 2.24) is 0 Å². The first-order valence-electron chi connectivity index (χ1n) is 11.1. The van der Waals surface area contributed by atoms with Crippen LogP contribution in [0.15, 0.2) is 72.8 Å². The molecule has 35 heavy (non-hydrogen) atoms. The maximum absolute atomic E-state index is 5.53. The van der Waals surface area contributed by atoms with Gasteiger partial charge in [0.05, 0.1) is 0 Å². The molecule has 3 rings (SSSR count). The van der Waals surface area contributed by atoms with E-state index in [0.29, 0.717) is 0 Å². The van der Waals surface area contributed by atoms with Crippen molar-refractivity contribution >= 4 is 43.4 Å². The van der Waals surface area contributed by atoms with Crippen LogP contribution in [0.3, 0.4) is 0 Å². The lowest BCUT2D eigenvalue weighted by molar-refractivity contribution is 0.291. The van der Waals surface area contributed by atoms with E-state index in [9.17, 15) is 0 Å². The molecule has 0 fully saturated rings. The van der Waals surface area contributed by atoms with Crippen LogP contribution in [0.1, 0.15) is 23.6 Å². The maximum Gasteiger partial charge on any atom is 0.423 e. The number of hydrogen-bond acceptors (Lipinski definition) is 6. The molecule has 0 heterocycles. The highest BCUT2D eigenvalue weighted by Crippen LogP contribution is 2.38. The zero-order chi connectivity index (χ0) is 25.4. The standard InChI is InChI=1S/C26H33O6Si3/c1-26(20-8-14-23(15-9-20)33(27-2)28-3,21-10-16-24(17-11-21)34(29-4)30-5)22-12-18-25(19-13-22)35(31-6)32-7/h8-19H,1-7H3. The molecule has 9 heteroatoms. The minimum absolute atomic E-state index is 0.400. The molecule has 0 unspecified atom stereocenters. The Bertz CT molecular complexity index is 897. The molecule has 185 valence electrons. The van der Waals surface area contributed by atoms with Crippen LogP contribution < -0.4 is 15.6 Å². The van der Waals surface area contributed by atoms with Crippen LogP contribution in [-0.4, -0.2) is 70.5 Å². The maximum atomic E-state index is 5.53. The van der Waals surface area contributed by atoms with Gasteiger partial charge in [-0.3, -0.25) is 0 Å². The molecule has 0 aliphatic rings. The SMILES string of the molecule is CO[Si](OC)c1ccc(C(C)(c2ccc([Si](OC)OC)cc2)c2ccc([Si](OC)OC)cc2)cc1. The molecule has 0 spiro atoms. The van der Waals surface area contributed by atoms with Gasteiger partial charge in [-0.05, 0) is 39.2 Å². The molecule has 3 aromatic carbocycles. The monoisotopic (exact) mass is 525 g/mol. The fourth-order valence-corrected chi connectivity index (χ4v) is 7.51. The van der Waals surface area contributed by atoms with Gasteiger partial charge < -0.3 is 26.6 Å². The Hall–Kier alpha value is -1.93. The Balaban J connectivity index is 2.10. The molecule has 3 radical (unpaired) electrons. The van der Waals surface area contributed by atoms with Gasteiger partial charge in [-0.25, -0.2) is 0 Å². The summed E-state index contributed by atoms with van der Waals surface area (Å²) in [5, 5.41) is 3.20. The Morgan fingerprint density at radius 3 is 0.771 bits per heavy atom. The molecule has 6 nitrogen and oxygen atoms in total. The predicted octanol–water partition coefficient (Wildman–Crippen LogP) is 2.00. The van der Waals surface area contributed by atoms with Crippen molar-refractivity contribution in [3.8, 4) is 0 Å². The molecule has 0 aromatic heterocycles. The summed E-state index contributed by atoms with van der Waals surface area (Å²) in [4.78, 5) is 0. The summed E-state index contributed by atoms with van der Waals surface area (Å²) in [5.74, 6) is 0. The molecule has 0 aliphatic carbocycles. The highest BCUT2D eigenvalue weighted by Gasteiger charge is 2.32. The van der Waals surface area contributed by atoms with Crippen molar-refractivity contribution in [3.05, 3.63) is 89.5 Å². The summed E-state index contributed by atoms with van der Waals surface area (Å²) in [6, 6.07) is 25.6. The summed E-state index contributed by atoms with van der Waals surface area (Å²) in [7, 11) is 5.67. The molecular weight excluding hydrogens is 493 g/mol. The summed E-state index contributed by atoms with van der Waals surface area (Å²) in [6.07, 6.45) is 0. The van der Waals surface area contributed by atoms with Gasteiger partial charge in [0.1, 0.15) is 0 Å². The Labute approximate surface area is 214 Å². The second-order valence-corrected chi connectivity index (χ2v) is 13.9. The lowest BCUT2D eigenvalue weighted by atomic mass is 9.71. The van der Waals surface area contributed by atoms with Gasteiger partial charge in [0.15, 0.2) is 0 Å². The van der Waals surface area contributed by atoms with Crippen LogP contribution in [0.25, 0.3) is 0 Å². The summed E-state index contributed by atoms with van der Waals surface area (Å²) >= 11 is 0. The Morgan fingerprint density at radius 1 is 0.400 bits per heavy atom. The molecule has 0 saturated heterocycles. The summed E-state index contributed by atoms with van der Waals surface area (Å²) in [6.45, 7) is 2.25. The van der Waals surface area contributed by atoms with Crippen LogP contribution in [0.2, 0.25) is 0 Å². The molecule has 0 atom stereocenters. The molecular formula is C26H33O6Si3. The third kappa shape index (κ3) is 5.91. The molecule has 0 saturated carbocycles. The van der Waals surface area contributed by atoms with Crippen LogP contribution in [0.5, 0.6) is 0 Å². The van der Waals surface area contributed by atoms with Gasteiger partial charge in [0.2, 0.25) is 0 Å². The average molecular weight is 526 g/mol. The highest BCUT2D eigenvalue weighted by atomic mass is 28.3. The van der Waals surface area contributed by atoms with E-state index in [-0.39, 0.29) is 0 Å². The first-order chi connectivity index (χ1) is 17.0. The predicted molar refractivity (Wildman–Crippen MR) is 143 cm³/mol. The van der Waals surface area contributed by atoms with Gasteiger partial charge in [-0.15, -0.1) is 0 Å². The largest absolute Gasteiger partial charge is 0.423 e. The number of hydrogen-bond donors (Lipinski definition) is 0. The van der Waals surface area contributed by atoms with Crippen molar-refractivity contribution in [3.63, 3.8) is 0 Å². The van der Waals surface area contributed by atoms with Crippen LogP contribution in [-0.2, 0) is 32.0 Å². The van der Waals surface area contributed by atoms with E-state index in [0.717, 1.165) is 15.6 Å². The molecule has 3 aromatic rings. The molecule has 0 aliphatic heterocycles. The van der Waals surface area contributed by atoms with E-state index >= 15 is 0 Å². The van der Waals surface area contributed by atoms with Gasteiger partial charge in [-0.2, -0.15) is 0 Å². The van der Waals surface area contributed by atoms with E-state index in [4.69, 9.17) is 26.6 Å². The van der Waals surface area contributed by atoms with Crippen molar-refractivity contribution in [2.75, 3.05) is 42.7 Å². The van der Waals surface area contributed by atoms with Gasteiger partial charge >= 0.3 is 27.9 Å². The lowest BCUT2D eigenvalue weighted by Crippen LogP contribution is -2.37. The van der Waals surface area contributed by atoms with Crippen molar-refractivity contribution in [2.45, 2.75) is 12.3 Å². The van der Waals surface area contributed by atoms with E-state index in [1.807, 2.05) is 0 Å². The molecule has 0 bridgehead atoms. The summed E-state index contributed by atoms with van der Waals surface area (Å²) < 4.78 is 33.2. The van der Waals surface area contributed by atoms with E-state index in [1.165, 1.54) is 16.7 Å². The lowest BCUT2D eigenvalue weighted by Gasteiger charge is -2.32. The minimum Gasteiger partial charge on any atom is -0.393 e. The van der Waals surface area contributed by atoms with Gasteiger partial charge in [-0.1, -0.05) is 72.8 Å². The smallest absolute Gasteiger partial charge is 0.393 e. The zero-order valence-electron chi connectivity index (χ0n) is 21.4. The normalized spacial score (nSPS) is 12.2. The minimum atomic E-state index is -1.48. The van der Waals surface area contributed by atoms with Gasteiger partial charge in [0.25, 0.3) is 0 Å². The number of rotatable bonds is 12. The summed E-state index contributed by atoms with van der Waals surface area (Å²) in [5.41, 5.74) is 3.11. The van der Waals surface area contributed by atoms with E-state index < -0.39 is 33.3 Å². The van der Waals surface area contributed by atoms with E-state index in [2.05, 4.69) is 79.7 Å². The van der Waals surface area contributed by atoms with Crippen LogP contribution >= 0.6 is 0 Å². The van der Waals surface area contributed by atoms with Crippen molar-refractivity contribution in [2.24, 2.45) is 0 Å². The second kappa shape index (κ2) is 12.9. The second-order valence-electron chi connectivity index (χ2n) is 7.94. The first kappa shape index (κ1) is 27.7. The molecule has 0 N–H and O–H groups in total. The van der Waals surface area contributed by atoms with Crippen LogP contribution in [0, 0.1) is 0 Å². The first-order valence-corrected chi connectivity index (χ1v) is 15.1. The Morgan fingerprint density at radius 2 is 0.600 bits per heavy atom. The quantitative estimate of drug-likeness (QED) is 0.266. The van der Waals surface area contributed by atoms with Crippen LogP contribution in [0.4, 0.5) is 0 Å². The number of benzene rings is 3. The highest BCUT2D eigenvalue weighted by molar-refractivity contribution is 6.62. The Kier molecular flexibility index (Phi) is 10.2. The fourth-order valence-electron chi connectivity index (χ4n) is 4.28. The van der Waals surface area contributed by atoms with E-state index in [1.54, 1.807) is 42.7 Å². The molecule has 0 amide bonds. The van der Waals surface area contributed by atoms with Crippen molar-refractivity contribution < 1.29 is 26.6 Å². The van der Waals surface area contributed by atoms with Gasteiger partial charge in [0, 0.05) is 48.1 Å². The fraction of sp³-hybridized carbons (Fsp3) is 0.308. The third-order valence-corrected chi connectivity index (χ3v) is 10.8. The topological polar surface area (TPSA) is 55.4 Å². The third-order valence-electron chi connectivity index (χ3n) is 6.21.